The van der Waals surface area contributed by atoms with E-state index in [0.29, 0.717) is 10.9 Å². The summed E-state index contributed by atoms with van der Waals surface area (Å²) in [5.74, 6) is -0.521. The zero-order chi connectivity index (χ0) is 10.6. The average Bonchev–Trinajstić information content (AvgIpc) is 2.61. The third-order valence-electron chi connectivity index (χ3n) is 1.58. The van der Waals surface area contributed by atoms with Crippen LogP contribution >= 0.6 is 11.8 Å². The summed E-state index contributed by atoms with van der Waals surface area (Å²) in [6, 6.07) is 1.95. The molecule has 74 valence electrons. The minimum Gasteiger partial charge on any atom is -0.464 e. The Bertz CT molecular complexity index is 380. The smallest absolute Gasteiger partial charge is 0.358 e. The first-order valence-electron chi connectivity index (χ1n) is 3.81. The van der Waals surface area contributed by atoms with Crippen LogP contribution in [0.4, 0.5) is 0 Å². The number of hydrogen-bond acceptors (Lipinski definition) is 5. The maximum Gasteiger partial charge on any atom is 0.358 e. The Labute approximate surface area is 85.5 Å². The second kappa shape index (κ2) is 4.67. The van der Waals surface area contributed by atoms with Gasteiger partial charge in [0.25, 0.3) is 0 Å². The Balaban J connectivity index is 3.06. The first-order valence-corrected chi connectivity index (χ1v) is 5.03. The van der Waals surface area contributed by atoms with Crippen molar-refractivity contribution in [2.45, 2.75) is 11.6 Å². The van der Waals surface area contributed by atoms with Crippen LogP contribution in [0.15, 0.2) is 5.16 Å². The van der Waals surface area contributed by atoms with Gasteiger partial charge in [-0.1, -0.05) is 11.8 Å². The standard InChI is InChI=1S/C8H9N3O2S/c1-13-7(12)6-5(3-4-9)10-8(11-6)14-2/h3H2,1-2H3,(H,10,11). The maximum absolute atomic E-state index is 11.2. The number of nitrogens with one attached hydrogen (secondary N) is 1. The summed E-state index contributed by atoms with van der Waals surface area (Å²) in [7, 11) is 1.28. The van der Waals surface area contributed by atoms with Crippen molar-refractivity contribution in [3.05, 3.63) is 11.4 Å². The van der Waals surface area contributed by atoms with Crippen molar-refractivity contribution in [2.75, 3.05) is 13.4 Å². The van der Waals surface area contributed by atoms with Gasteiger partial charge in [-0.3, -0.25) is 0 Å². The molecule has 0 aliphatic rings. The number of aromatic amines is 1. The number of aromatic nitrogens is 2. The number of carbonyl (C=O) groups is 1. The lowest BCUT2D eigenvalue weighted by molar-refractivity contribution is 0.0593. The zero-order valence-corrected chi connectivity index (χ0v) is 8.64. The van der Waals surface area contributed by atoms with Gasteiger partial charge in [0.05, 0.1) is 25.3 Å². The Kier molecular flexibility index (Phi) is 3.54. The molecule has 0 amide bonds. The second-order valence-corrected chi connectivity index (χ2v) is 3.19. The van der Waals surface area contributed by atoms with Crippen molar-refractivity contribution in [3.8, 4) is 6.07 Å². The molecule has 0 radical (unpaired) electrons. The molecule has 1 rings (SSSR count). The number of imidazole rings is 1. The van der Waals surface area contributed by atoms with Gasteiger partial charge in [0.2, 0.25) is 0 Å². The summed E-state index contributed by atoms with van der Waals surface area (Å²) in [5, 5.41) is 9.13. The van der Waals surface area contributed by atoms with Gasteiger partial charge in [0, 0.05) is 0 Å². The number of carbonyl (C=O) groups excluding carboxylic acids is 1. The molecule has 0 saturated heterocycles. The van der Waals surface area contributed by atoms with E-state index in [2.05, 4.69) is 14.7 Å². The highest BCUT2D eigenvalue weighted by molar-refractivity contribution is 7.98. The van der Waals surface area contributed by atoms with Gasteiger partial charge in [-0.15, -0.1) is 0 Å². The van der Waals surface area contributed by atoms with Crippen molar-refractivity contribution < 1.29 is 9.53 Å². The van der Waals surface area contributed by atoms with Crippen molar-refractivity contribution in [2.24, 2.45) is 0 Å². The quantitative estimate of drug-likeness (QED) is 0.595. The third-order valence-corrected chi connectivity index (χ3v) is 2.16. The van der Waals surface area contributed by atoms with Gasteiger partial charge in [-0.25, -0.2) is 9.78 Å². The van der Waals surface area contributed by atoms with Crippen LogP contribution in [0, 0.1) is 11.3 Å². The maximum atomic E-state index is 11.2. The van der Waals surface area contributed by atoms with E-state index in [9.17, 15) is 4.79 Å². The zero-order valence-electron chi connectivity index (χ0n) is 7.83. The van der Waals surface area contributed by atoms with E-state index < -0.39 is 5.97 Å². The Morgan fingerprint density at radius 3 is 3.00 bits per heavy atom. The van der Waals surface area contributed by atoms with E-state index in [-0.39, 0.29) is 12.1 Å². The molecule has 6 heteroatoms. The Hall–Kier alpha value is -1.48. The molecule has 0 saturated carbocycles. The van der Waals surface area contributed by atoms with Crippen LogP contribution in [0.1, 0.15) is 16.2 Å². The average molecular weight is 211 g/mol. The number of H-pyrrole nitrogens is 1. The molecule has 1 aromatic heterocycles. The number of rotatable bonds is 3. The van der Waals surface area contributed by atoms with Crippen LogP contribution in [-0.4, -0.2) is 29.3 Å². The lowest BCUT2D eigenvalue weighted by Crippen LogP contribution is -2.05. The van der Waals surface area contributed by atoms with E-state index in [0.717, 1.165) is 0 Å². The predicted molar refractivity (Wildman–Crippen MR) is 51.0 cm³/mol. The van der Waals surface area contributed by atoms with Crippen LogP contribution in [-0.2, 0) is 11.2 Å². The SMILES string of the molecule is COC(=O)c1nc(SC)[nH]c1CC#N. The van der Waals surface area contributed by atoms with Crippen LogP contribution < -0.4 is 0 Å². The first-order chi connectivity index (χ1) is 6.72. The lowest BCUT2D eigenvalue weighted by atomic mass is 10.2. The van der Waals surface area contributed by atoms with E-state index >= 15 is 0 Å². The molecule has 1 heterocycles. The minimum absolute atomic E-state index is 0.123. The van der Waals surface area contributed by atoms with E-state index in [1.807, 2.05) is 12.3 Å². The van der Waals surface area contributed by atoms with Crippen LogP contribution in [0.3, 0.4) is 0 Å². The van der Waals surface area contributed by atoms with E-state index in [4.69, 9.17) is 5.26 Å². The third kappa shape index (κ3) is 2.06. The topological polar surface area (TPSA) is 78.8 Å². The molecule has 0 bridgehead atoms. The number of hydrogen-bond donors (Lipinski definition) is 1. The molecule has 1 N–H and O–H groups in total. The van der Waals surface area contributed by atoms with Gasteiger partial charge in [-0.2, -0.15) is 5.26 Å². The minimum atomic E-state index is -0.521. The van der Waals surface area contributed by atoms with Crippen molar-refractivity contribution in [3.63, 3.8) is 0 Å². The summed E-state index contributed by atoms with van der Waals surface area (Å²) in [5.41, 5.74) is 0.696. The molecule has 0 fully saturated rings. The highest BCUT2D eigenvalue weighted by Crippen LogP contribution is 2.15. The Morgan fingerprint density at radius 1 is 1.79 bits per heavy atom. The monoisotopic (exact) mass is 211 g/mol. The molecule has 0 aliphatic carbocycles. The van der Waals surface area contributed by atoms with Crippen LogP contribution in [0.25, 0.3) is 0 Å². The molecule has 5 nitrogen and oxygen atoms in total. The second-order valence-electron chi connectivity index (χ2n) is 2.40. The van der Waals surface area contributed by atoms with Gasteiger partial charge in [0.15, 0.2) is 10.9 Å². The predicted octanol–water partition coefficient (Wildman–Crippen LogP) is 0.984. The largest absolute Gasteiger partial charge is 0.464 e. The lowest BCUT2D eigenvalue weighted by Gasteiger charge is -1.94. The number of methoxy groups -OCH3 is 1. The number of nitriles is 1. The van der Waals surface area contributed by atoms with Gasteiger partial charge < -0.3 is 9.72 Å². The number of nitrogens with zero attached hydrogens (tertiary/aromatic N) is 2. The molecule has 0 aromatic carbocycles. The fourth-order valence-corrected chi connectivity index (χ4v) is 1.36. The normalized spacial score (nSPS) is 9.50. The highest BCUT2D eigenvalue weighted by atomic mass is 32.2. The summed E-state index contributed by atoms with van der Waals surface area (Å²) in [6.45, 7) is 0. The molecule has 14 heavy (non-hydrogen) atoms. The van der Waals surface area contributed by atoms with Crippen molar-refractivity contribution in [1.29, 1.82) is 5.26 Å². The van der Waals surface area contributed by atoms with Crippen molar-refractivity contribution in [1.82, 2.24) is 9.97 Å². The fraction of sp³-hybridized carbons (Fsp3) is 0.375. The molecule has 1 aromatic rings. The highest BCUT2D eigenvalue weighted by Gasteiger charge is 2.17. The number of ether oxygens (including phenoxy) is 1. The fourth-order valence-electron chi connectivity index (χ4n) is 0.954. The number of esters is 1. The van der Waals surface area contributed by atoms with Crippen molar-refractivity contribution >= 4 is 17.7 Å². The van der Waals surface area contributed by atoms with Gasteiger partial charge in [0.1, 0.15) is 0 Å². The molecular weight excluding hydrogens is 202 g/mol. The summed E-state index contributed by atoms with van der Waals surface area (Å²) < 4.78 is 4.54. The van der Waals surface area contributed by atoms with Crippen LogP contribution in [0.5, 0.6) is 0 Å². The molecule has 0 spiro atoms. The summed E-state index contributed by atoms with van der Waals surface area (Å²) in [4.78, 5) is 18.1. The molecular formula is C8H9N3O2S. The van der Waals surface area contributed by atoms with E-state index in [1.54, 1.807) is 0 Å². The van der Waals surface area contributed by atoms with Gasteiger partial charge in [-0.05, 0) is 6.26 Å². The molecule has 0 atom stereocenters. The number of thioether (sulfide) groups is 1. The molecule has 0 aliphatic heterocycles. The summed E-state index contributed by atoms with van der Waals surface area (Å²) >= 11 is 1.37. The van der Waals surface area contributed by atoms with Crippen LogP contribution in [0.2, 0.25) is 0 Å². The molecule has 0 unspecified atom stereocenters. The van der Waals surface area contributed by atoms with E-state index in [1.165, 1.54) is 18.9 Å². The Morgan fingerprint density at radius 2 is 2.50 bits per heavy atom. The first kappa shape index (κ1) is 10.6. The summed E-state index contributed by atoms with van der Waals surface area (Å²) in [6.07, 6.45) is 1.95. The van der Waals surface area contributed by atoms with Gasteiger partial charge >= 0.3 is 5.97 Å².